The summed E-state index contributed by atoms with van der Waals surface area (Å²) in [5, 5.41) is 9.01. The van der Waals surface area contributed by atoms with Gasteiger partial charge in [-0.15, -0.1) is 0 Å². The fourth-order valence-corrected chi connectivity index (χ4v) is 1.59. The van der Waals surface area contributed by atoms with Gasteiger partial charge in [-0.05, 0) is 49.7 Å². The van der Waals surface area contributed by atoms with Gasteiger partial charge >= 0.3 is 0 Å². The molecule has 0 aliphatic carbocycles. The Labute approximate surface area is 106 Å². The Hall–Kier alpha value is -2.54. The fourth-order valence-electron chi connectivity index (χ4n) is 1.59. The number of aromatic nitrogens is 1. The average Bonchev–Trinajstić information content (AvgIpc) is 2.33. The van der Waals surface area contributed by atoms with Crippen LogP contribution in [0.4, 0.5) is 5.69 Å². The van der Waals surface area contributed by atoms with Crippen molar-refractivity contribution in [3.8, 4) is 17.7 Å². The minimum atomic E-state index is 0.324. The van der Waals surface area contributed by atoms with Crippen LogP contribution < -0.4 is 10.5 Å². The highest BCUT2D eigenvalue weighted by molar-refractivity contribution is 5.49. The van der Waals surface area contributed by atoms with Crippen molar-refractivity contribution in [3.63, 3.8) is 0 Å². The van der Waals surface area contributed by atoms with Crippen molar-refractivity contribution in [1.29, 1.82) is 5.26 Å². The molecule has 0 atom stereocenters. The number of hydrogen-bond acceptors (Lipinski definition) is 4. The maximum Gasteiger partial charge on any atom is 0.237 e. The van der Waals surface area contributed by atoms with Gasteiger partial charge < -0.3 is 10.5 Å². The number of pyridine rings is 1. The lowest BCUT2D eigenvalue weighted by molar-refractivity contribution is 0.456. The van der Waals surface area contributed by atoms with Crippen LogP contribution >= 0.6 is 0 Å². The Morgan fingerprint density at radius 2 is 2.00 bits per heavy atom. The molecule has 0 amide bonds. The molecular weight excluding hydrogens is 226 g/mol. The molecule has 4 nitrogen and oxygen atoms in total. The molecule has 0 saturated carbocycles. The number of nitriles is 1. The van der Waals surface area contributed by atoms with Crippen LogP contribution in [0, 0.1) is 25.2 Å². The van der Waals surface area contributed by atoms with Crippen molar-refractivity contribution in [2.45, 2.75) is 13.8 Å². The van der Waals surface area contributed by atoms with Gasteiger partial charge in [0.1, 0.15) is 17.4 Å². The summed E-state index contributed by atoms with van der Waals surface area (Å²) in [7, 11) is 0. The lowest BCUT2D eigenvalue weighted by atomic mass is 10.2. The van der Waals surface area contributed by atoms with Crippen LogP contribution in [0.15, 0.2) is 30.3 Å². The summed E-state index contributed by atoms with van der Waals surface area (Å²) >= 11 is 0. The second kappa shape index (κ2) is 4.76. The summed E-state index contributed by atoms with van der Waals surface area (Å²) in [5.41, 5.74) is 8.48. The molecule has 2 rings (SSSR count). The number of nitrogens with two attached hydrogens (primary N) is 1. The van der Waals surface area contributed by atoms with Gasteiger partial charge in [0.2, 0.25) is 5.88 Å². The molecule has 0 radical (unpaired) electrons. The van der Waals surface area contributed by atoms with E-state index in [1.807, 2.05) is 19.9 Å². The molecule has 18 heavy (non-hydrogen) atoms. The molecule has 0 unspecified atom stereocenters. The predicted molar refractivity (Wildman–Crippen MR) is 69.4 cm³/mol. The van der Waals surface area contributed by atoms with E-state index in [9.17, 15) is 0 Å². The standard InChI is InChI=1S/C14H13N3O/c1-9-7-12(16)5-6-13(9)18-14-11(8-15)4-3-10(2)17-14/h3-7H,16H2,1-2H3. The highest BCUT2D eigenvalue weighted by Crippen LogP contribution is 2.27. The van der Waals surface area contributed by atoms with Gasteiger partial charge in [-0.1, -0.05) is 0 Å². The molecule has 1 aromatic carbocycles. The first-order valence-corrected chi connectivity index (χ1v) is 5.52. The van der Waals surface area contributed by atoms with Gasteiger partial charge in [-0.2, -0.15) is 5.26 Å². The van der Waals surface area contributed by atoms with E-state index in [4.69, 9.17) is 15.7 Å². The van der Waals surface area contributed by atoms with E-state index in [0.29, 0.717) is 22.9 Å². The van der Waals surface area contributed by atoms with Crippen LogP contribution in [0.25, 0.3) is 0 Å². The van der Waals surface area contributed by atoms with Crippen LogP contribution in [0.3, 0.4) is 0 Å². The SMILES string of the molecule is Cc1ccc(C#N)c(Oc2ccc(N)cc2C)n1. The Kier molecular flexibility index (Phi) is 3.16. The summed E-state index contributed by atoms with van der Waals surface area (Å²) in [4.78, 5) is 4.23. The lowest BCUT2D eigenvalue weighted by Gasteiger charge is -2.10. The van der Waals surface area contributed by atoms with E-state index in [1.54, 1.807) is 24.3 Å². The van der Waals surface area contributed by atoms with Gasteiger partial charge in [0.25, 0.3) is 0 Å². The molecule has 0 fully saturated rings. The number of hydrogen-bond donors (Lipinski definition) is 1. The van der Waals surface area contributed by atoms with Crippen LogP contribution in [0.2, 0.25) is 0 Å². The molecule has 1 heterocycles. The third-order valence-corrected chi connectivity index (χ3v) is 2.53. The molecule has 4 heteroatoms. The molecule has 1 aromatic heterocycles. The van der Waals surface area contributed by atoms with Crippen molar-refractivity contribution < 1.29 is 4.74 Å². The van der Waals surface area contributed by atoms with Crippen molar-refractivity contribution in [2.75, 3.05) is 5.73 Å². The fraction of sp³-hybridized carbons (Fsp3) is 0.143. The topological polar surface area (TPSA) is 71.9 Å². The molecule has 0 aliphatic rings. The van der Waals surface area contributed by atoms with Gasteiger partial charge in [0.15, 0.2) is 0 Å². The van der Waals surface area contributed by atoms with E-state index in [-0.39, 0.29) is 0 Å². The maximum absolute atomic E-state index is 9.01. The number of aryl methyl sites for hydroxylation is 2. The number of nitrogen functional groups attached to an aromatic ring is 1. The van der Waals surface area contributed by atoms with E-state index in [0.717, 1.165) is 11.3 Å². The zero-order valence-electron chi connectivity index (χ0n) is 10.3. The first-order chi connectivity index (χ1) is 8.60. The highest BCUT2D eigenvalue weighted by Gasteiger charge is 2.08. The van der Waals surface area contributed by atoms with Crippen molar-refractivity contribution >= 4 is 5.69 Å². The van der Waals surface area contributed by atoms with Crippen LogP contribution in [0.5, 0.6) is 11.6 Å². The molecule has 0 bridgehead atoms. The first-order valence-electron chi connectivity index (χ1n) is 5.52. The van der Waals surface area contributed by atoms with Crippen molar-refractivity contribution in [2.24, 2.45) is 0 Å². The maximum atomic E-state index is 9.01. The number of rotatable bonds is 2. The first kappa shape index (κ1) is 11.9. The van der Waals surface area contributed by atoms with E-state index < -0.39 is 0 Å². The monoisotopic (exact) mass is 239 g/mol. The van der Waals surface area contributed by atoms with Crippen LogP contribution in [0.1, 0.15) is 16.8 Å². The van der Waals surface area contributed by atoms with E-state index in [2.05, 4.69) is 11.1 Å². The molecule has 0 aliphatic heterocycles. The molecule has 0 spiro atoms. The number of nitrogens with zero attached hydrogens (tertiary/aromatic N) is 2. The highest BCUT2D eigenvalue weighted by atomic mass is 16.5. The van der Waals surface area contributed by atoms with E-state index >= 15 is 0 Å². The Morgan fingerprint density at radius 1 is 1.22 bits per heavy atom. The summed E-state index contributed by atoms with van der Waals surface area (Å²) in [6.45, 7) is 3.75. The largest absolute Gasteiger partial charge is 0.437 e. The van der Waals surface area contributed by atoms with Crippen LogP contribution in [-0.2, 0) is 0 Å². The van der Waals surface area contributed by atoms with Gasteiger partial charge in [-0.25, -0.2) is 4.98 Å². The van der Waals surface area contributed by atoms with Gasteiger partial charge in [-0.3, -0.25) is 0 Å². The molecule has 2 aromatic rings. The van der Waals surface area contributed by atoms with Gasteiger partial charge in [0, 0.05) is 11.4 Å². The smallest absolute Gasteiger partial charge is 0.237 e. The second-order valence-electron chi connectivity index (χ2n) is 4.04. The summed E-state index contributed by atoms with van der Waals surface area (Å²) < 4.78 is 5.68. The van der Waals surface area contributed by atoms with Crippen molar-refractivity contribution in [3.05, 3.63) is 47.2 Å². The number of benzene rings is 1. The zero-order chi connectivity index (χ0) is 13.1. The summed E-state index contributed by atoms with van der Waals surface area (Å²) in [6.07, 6.45) is 0. The Balaban J connectivity index is 2.40. The van der Waals surface area contributed by atoms with Gasteiger partial charge in [0.05, 0.1) is 0 Å². The molecule has 2 N–H and O–H groups in total. The molecule has 0 saturated heterocycles. The third-order valence-electron chi connectivity index (χ3n) is 2.53. The third kappa shape index (κ3) is 2.41. The average molecular weight is 239 g/mol. The predicted octanol–water partition coefficient (Wildman–Crippen LogP) is 2.94. The minimum Gasteiger partial charge on any atom is -0.437 e. The molecular formula is C14H13N3O. The number of ether oxygens (including phenoxy) is 1. The second-order valence-corrected chi connectivity index (χ2v) is 4.04. The summed E-state index contributed by atoms with van der Waals surface area (Å²) in [6, 6.07) is 10.9. The summed E-state index contributed by atoms with van der Waals surface area (Å²) in [5.74, 6) is 0.976. The number of anilines is 1. The lowest BCUT2D eigenvalue weighted by Crippen LogP contribution is -1.96. The zero-order valence-corrected chi connectivity index (χ0v) is 10.3. The van der Waals surface area contributed by atoms with Crippen molar-refractivity contribution in [1.82, 2.24) is 4.98 Å². The minimum absolute atomic E-state index is 0.324. The normalized spacial score (nSPS) is 9.83. The Bertz CT molecular complexity index is 629. The van der Waals surface area contributed by atoms with E-state index in [1.165, 1.54) is 0 Å². The van der Waals surface area contributed by atoms with Crippen LogP contribution in [-0.4, -0.2) is 4.98 Å². The Morgan fingerprint density at radius 3 is 2.67 bits per heavy atom. The molecule has 90 valence electrons. The quantitative estimate of drug-likeness (QED) is 0.818.